The summed E-state index contributed by atoms with van der Waals surface area (Å²) in [6, 6.07) is 1.67. The third-order valence-electron chi connectivity index (χ3n) is 3.11. The number of halogens is 2. The van der Waals surface area contributed by atoms with Crippen molar-refractivity contribution in [3.05, 3.63) is 29.3 Å². The lowest BCUT2D eigenvalue weighted by Crippen LogP contribution is -2.48. The molecule has 0 saturated carbocycles. The summed E-state index contributed by atoms with van der Waals surface area (Å²) >= 11 is 0. The maximum atomic E-state index is 13.8. The predicted octanol–water partition coefficient (Wildman–Crippen LogP) is 0.899. The van der Waals surface area contributed by atoms with Gasteiger partial charge in [-0.3, -0.25) is 4.79 Å². The number of amides is 1. The van der Waals surface area contributed by atoms with Gasteiger partial charge in [-0.25, -0.2) is 13.6 Å². The van der Waals surface area contributed by atoms with E-state index in [0.717, 1.165) is 24.1 Å². The molecule has 8 heteroatoms. The number of ether oxygens (including phenoxy) is 2. The van der Waals surface area contributed by atoms with Gasteiger partial charge in [0.25, 0.3) is 5.91 Å². The van der Waals surface area contributed by atoms with Gasteiger partial charge in [0.2, 0.25) is 0 Å². The van der Waals surface area contributed by atoms with Crippen LogP contribution in [-0.4, -0.2) is 54.8 Å². The monoisotopic (exact) mass is 301 g/mol. The summed E-state index contributed by atoms with van der Waals surface area (Å²) in [7, 11) is 1.12. The van der Waals surface area contributed by atoms with Crippen LogP contribution in [0.2, 0.25) is 0 Å². The average Bonchev–Trinajstić information content (AvgIpc) is 2.48. The van der Waals surface area contributed by atoms with E-state index in [0.29, 0.717) is 0 Å². The zero-order valence-corrected chi connectivity index (χ0v) is 11.1. The van der Waals surface area contributed by atoms with Gasteiger partial charge in [-0.2, -0.15) is 0 Å². The van der Waals surface area contributed by atoms with Crippen LogP contribution in [0.15, 0.2) is 12.1 Å². The molecular weight excluding hydrogens is 288 g/mol. The quantitative estimate of drug-likeness (QED) is 0.897. The summed E-state index contributed by atoms with van der Waals surface area (Å²) in [5.41, 5.74) is -0.552. The standard InChI is InChI=1S/C13H13F2NO5/c1-20-11-8(15)3-2-7(14)10(11)12(17)16-4-5-21-9(6-16)13(18)19/h2-3,9H,4-6H2,1H3,(H,18,19). The summed E-state index contributed by atoms with van der Waals surface area (Å²) in [6.45, 7) is -0.156. The minimum atomic E-state index is -1.22. The zero-order chi connectivity index (χ0) is 15.6. The van der Waals surface area contributed by atoms with Crippen LogP contribution in [0.1, 0.15) is 10.4 Å². The molecule has 1 aliphatic rings. The van der Waals surface area contributed by atoms with Gasteiger partial charge in [-0.05, 0) is 12.1 Å². The molecular formula is C13H13F2NO5. The first-order valence-corrected chi connectivity index (χ1v) is 6.11. The Balaban J connectivity index is 2.32. The number of hydrogen-bond acceptors (Lipinski definition) is 4. The average molecular weight is 301 g/mol. The van der Waals surface area contributed by atoms with Crippen molar-refractivity contribution in [1.82, 2.24) is 4.90 Å². The maximum Gasteiger partial charge on any atom is 0.334 e. The van der Waals surface area contributed by atoms with E-state index in [1.54, 1.807) is 0 Å². The third-order valence-corrected chi connectivity index (χ3v) is 3.11. The fourth-order valence-corrected chi connectivity index (χ4v) is 2.07. The molecule has 1 aliphatic heterocycles. The highest BCUT2D eigenvalue weighted by Gasteiger charge is 2.32. The molecule has 1 N–H and O–H groups in total. The van der Waals surface area contributed by atoms with Crippen molar-refractivity contribution < 1.29 is 33.0 Å². The molecule has 0 bridgehead atoms. The van der Waals surface area contributed by atoms with Crippen LogP contribution < -0.4 is 4.74 Å². The number of carbonyl (C=O) groups is 2. The summed E-state index contributed by atoms with van der Waals surface area (Å²) in [6.07, 6.45) is -1.19. The minimum absolute atomic E-state index is 0.00194. The van der Waals surface area contributed by atoms with E-state index in [1.807, 2.05) is 0 Å². The van der Waals surface area contributed by atoms with Crippen molar-refractivity contribution in [2.75, 3.05) is 26.8 Å². The number of carboxylic acids is 1. The lowest BCUT2D eigenvalue weighted by Gasteiger charge is -2.31. The van der Waals surface area contributed by atoms with E-state index in [9.17, 15) is 18.4 Å². The Kier molecular flexibility index (Phi) is 4.37. The first-order chi connectivity index (χ1) is 9.95. The first-order valence-electron chi connectivity index (χ1n) is 6.11. The van der Waals surface area contributed by atoms with Gasteiger partial charge < -0.3 is 19.5 Å². The molecule has 0 aromatic heterocycles. The molecule has 1 atom stereocenters. The van der Waals surface area contributed by atoms with E-state index in [2.05, 4.69) is 0 Å². The molecule has 0 spiro atoms. The molecule has 2 rings (SSSR count). The number of carbonyl (C=O) groups excluding carboxylic acids is 1. The maximum absolute atomic E-state index is 13.8. The number of benzene rings is 1. The molecule has 0 radical (unpaired) electrons. The summed E-state index contributed by atoms with van der Waals surface area (Å²) in [4.78, 5) is 24.3. The fourth-order valence-electron chi connectivity index (χ4n) is 2.07. The van der Waals surface area contributed by atoms with Gasteiger partial charge in [-0.1, -0.05) is 0 Å². The number of aliphatic carboxylic acids is 1. The molecule has 1 unspecified atom stereocenters. The van der Waals surface area contributed by atoms with Crippen LogP contribution in [0.5, 0.6) is 5.75 Å². The molecule has 114 valence electrons. The number of rotatable bonds is 3. The van der Waals surface area contributed by atoms with Gasteiger partial charge in [0.05, 0.1) is 20.3 Å². The van der Waals surface area contributed by atoms with Crippen LogP contribution in [-0.2, 0) is 9.53 Å². The summed E-state index contributed by atoms with van der Waals surface area (Å²) < 4.78 is 37.1. The molecule has 1 heterocycles. The van der Waals surface area contributed by atoms with Crippen LogP contribution in [0.25, 0.3) is 0 Å². The first kappa shape index (κ1) is 15.2. The molecule has 1 saturated heterocycles. The lowest BCUT2D eigenvalue weighted by atomic mass is 10.1. The highest BCUT2D eigenvalue weighted by atomic mass is 19.1. The number of morpholine rings is 1. The van der Waals surface area contributed by atoms with Crippen molar-refractivity contribution in [3.8, 4) is 5.75 Å². The van der Waals surface area contributed by atoms with E-state index in [4.69, 9.17) is 14.6 Å². The van der Waals surface area contributed by atoms with Crippen LogP contribution in [0.3, 0.4) is 0 Å². The molecule has 6 nitrogen and oxygen atoms in total. The number of nitrogens with zero attached hydrogens (tertiary/aromatic N) is 1. The Hall–Kier alpha value is -2.22. The smallest absolute Gasteiger partial charge is 0.334 e. The Morgan fingerprint density at radius 1 is 1.38 bits per heavy atom. The van der Waals surface area contributed by atoms with Crippen molar-refractivity contribution in [3.63, 3.8) is 0 Å². The van der Waals surface area contributed by atoms with E-state index < -0.39 is 40.9 Å². The van der Waals surface area contributed by atoms with E-state index in [-0.39, 0.29) is 19.7 Å². The van der Waals surface area contributed by atoms with Gasteiger partial charge in [0, 0.05) is 6.54 Å². The van der Waals surface area contributed by atoms with E-state index in [1.165, 1.54) is 0 Å². The Morgan fingerprint density at radius 3 is 2.67 bits per heavy atom. The predicted molar refractivity (Wildman–Crippen MR) is 66.2 cm³/mol. The highest BCUT2D eigenvalue weighted by molar-refractivity contribution is 5.97. The minimum Gasteiger partial charge on any atom is -0.493 e. The second kappa shape index (κ2) is 6.04. The van der Waals surface area contributed by atoms with Gasteiger partial charge >= 0.3 is 5.97 Å². The lowest BCUT2D eigenvalue weighted by molar-refractivity contribution is -0.154. The number of hydrogen-bond donors (Lipinski definition) is 1. The number of methoxy groups -OCH3 is 1. The molecule has 1 aromatic carbocycles. The van der Waals surface area contributed by atoms with Gasteiger partial charge in [0.15, 0.2) is 17.7 Å². The van der Waals surface area contributed by atoms with Crippen molar-refractivity contribution in [2.45, 2.75) is 6.10 Å². The fraction of sp³-hybridized carbons (Fsp3) is 0.385. The van der Waals surface area contributed by atoms with Gasteiger partial charge in [0.1, 0.15) is 11.4 Å². The Labute approximate surface area is 118 Å². The second-order valence-corrected chi connectivity index (χ2v) is 4.39. The molecule has 0 aliphatic carbocycles. The van der Waals surface area contributed by atoms with Crippen LogP contribution >= 0.6 is 0 Å². The van der Waals surface area contributed by atoms with Gasteiger partial charge in [-0.15, -0.1) is 0 Å². The van der Waals surface area contributed by atoms with E-state index >= 15 is 0 Å². The SMILES string of the molecule is COc1c(F)ccc(F)c1C(=O)N1CCOC(C(=O)O)C1. The second-order valence-electron chi connectivity index (χ2n) is 4.39. The highest BCUT2D eigenvalue weighted by Crippen LogP contribution is 2.27. The number of carboxylic acid groups (broad SMARTS) is 1. The molecule has 1 fully saturated rings. The van der Waals surface area contributed by atoms with Crippen LogP contribution in [0, 0.1) is 11.6 Å². The third kappa shape index (κ3) is 2.94. The van der Waals surface area contributed by atoms with Crippen molar-refractivity contribution >= 4 is 11.9 Å². The normalized spacial score (nSPS) is 18.4. The Morgan fingerprint density at radius 2 is 2.05 bits per heavy atom. The van der Waals surface area contributed by atoms with Crippen molar-refractivity contribution in [1.29, 1.82) is 0 Å². The summed E-state index contributed by atoms with van der Waals surface area (Å²) in [5, 5.41) is 8.89. The largest absolute Gasteiger partial charge is 0.493 e. The topological polar surface area (TPSA) is 76.1 Å². The zero-order valence-electron chi connectivity index (χ0n) is 11.1. The molecule has 1 amide bonds. The van der Waals surface area contributed by atoms with Crippen molar-refractivity contribution in [2.24, 2.45) is 0 Å². The Bertz CT molecular complexity index is 578. The molecule has 1 aromatic rings. The summed E-state index contributed by atoms with van der Waals surface area (Å²) in [5.74, 6) is -4.36. The molecule has 21 heavy (non-hydrogen) atoms. The van der Waals surface area contributed by atoms with Crippen LogP contribution in [0.4, 0.5) is 8.78 Å².